The number of thioether (sulfide) groups is 1. The SMILES string of the molecule is CC(=O)NC(CCSCc1cccnc1C#N)C(=O)O. The third kappa shape index (κ3) is 5.28. The van der Waals surface area contributed by atoms with E-state index < -0.39 is 12.0 Å². The van der Waals surface area contributed by atoms with E-state index in [-0.39, 0.29) is 5.91 Å². The number of hydrogen-bond acceptors (Lipinski definition) is 5. The largest absolute Gasteiger partial charge is 0.480 e. The first-order chi connectivity index (χ1) is 9.54. The van der Waals surface area contributed by atoms with E-state index in [9.17, 15) is 9.59 Å². The Morgan fingerprint density at radius 3 is 2.95 bits per heavy atom. The smallest absolute Gasteiger partial charge is 0.326 e. The van der Waals surface area contributed by atoms with Crippen LogP contribution in [0.25, 0.3) is 0 Å². The van der Waals surface area contributed by atoms with Crippen LogP contribution in [0.15, 0.2) is 18.3 Å². The quantitative estimate of drug-likeness (QED) is 0.731. The van der Waals surface area contributed by atoms with Gasteiger partial charge < -0.3 is 10.4 Å². The van der Waals surface area contributed by atoms with Crippen LogP contribution in [0.2, 0.25) is 0 Å². The minimum atomic E-state index is -1.04. The maximum Gasteiger partial charge on any atom is 0.326 e. The van der Waals surface area contributed by atoms with Gasteiger partial charge in [0.05, 0.1) is 0 Å². The summed E-state index contributed by atoms with van der Waals surface area (Å²) < 4.78 is 0. The predicted molar refractivity (Wildman–Crippen MR) is 75.0 cm³/mol. The molecular weight excluding hydrogens is 278 g/mol. The molecule has 1 aromatic rings. The highest BCUT2D eigenvalue weighted by atomic mass is 32.2. The molecule has 20 heavy (non-hydrogen) atoms. The summed E-state index contributed by atoms with van der Waals surface area (Å²) in [4.78, 5) is 25.7. The Labute approximate surface area is 121 Å². The number of carbonyl (C=O) groups is 2. The number of carboxylic acid groups (broad SMARTS) is 1. The average Bonchev–Trinajstić information content (AvgIpc) is 2.42. The molecule has 0 bridgehead atoms. The molecule has 2 N–H and O–H groups in total. The Morgan fingerprint density at radius 1 is 1.60 bits per heavy atom. The van der Waals surface area contributed by atoms with Gasteiger partial charge in [0.1, 0.15) is 17.8 Å². The highest BCUT2D eigenvalue weighted by Gasteiger charge is 2.17. The van der Waals surface area contributed by atoms with Gasteiger partial charge in [0.15, 0.2) is 0 Å². The van der Waals surface area contributed by atoms with E-state index in [0.29, 0.717) is 23.6 Å². The summed E-state index contributed by atoms with van der Waals surface area (Å²) in [5.41, 5.74) is 1.21. The minimum Gasteiger partial charge on any atom is -0.480 e. The Balaban J connectivity index is 2.42. The van der Waals surface area contributed by atoms with E-state index in [1.165, 1.54) is 18.7 Å². The normalized spacial score (nSPS) is 11.4. The maximum atomic E-state index is 10.9. The van der Waals surface area contributed by atoms with Crippen molar-refractivity contribution in [2.75, 3.05) is 5.75 Å². The zero-order chi connectivity index (χ0) is 15.0. The van der Waals surface area contributed by atoms with E-state index >= 15 is 0 Å². The summed E-state index contributed by atoms with van der Waals surface area (Å²) in [6, 6.07) is 4.72. The van der Waals surface area contributed by atoms with Gasteiger partial charge in [-0.1, -0.05) is 6.07 Å². The molecular formula is C13H15N3O3S. The summed E-state index contributed by atoms with van der Waals surface area (Å²) in [7, 11) is 0. The van der Waals surface area contributed by atoms with Crippen LogP contribution in [-0.2, 0) is 15.3 Å². The highest BCUT2D eigenvalue weighted by molar-refractivity contribution is 7.98. The number of aliphatic carboxylic acids is 1. The van der Waals surface area contributed by atoms with Crippen LogP contribution < -0.4 is 5.32 Å². The second-order valence-electron chi connectivity index (χ2n) is 4.06. The molecule has 6 nitrogen and oxygen atoms in total. The van der Waals surface area contributed by atoms with E-state index in [2.05, 4.69) is 10.3 Å². The molecule has 0 aliphatic rings. The molecule has 0 saturated heterocycles. The number of pyridine rings is 1. The first kappa shape index (κ1) is 16.0. The minimum absolute atomic E-state index is 0.335. The summed E-state index contributed by atoms with van der Waals surface area (Å²) in [6.07, 6.45) is 1.89. The van der Waals surface area contributed by atoms with Gasteiger partial charge in [0.2, 0.25) is 5.91 Å². The van der Waals surface area contributed by atoms with E-state index in [4.69, 9.17) is 10.4 Å². The topological polar surface area (TPSA) is 103 Å². The Hall–Kier alpha value is -2.07. The highest BCUT2D eigenvalue weighted by Crippen LogP contribution is 2.15. The van der Waals surface area contributed by atoms with Crippen LogP contribution in [0, 0.1) is 11.3 Å². The van der Waals surface area contributed by atoms with Crippen LogP contribution >= 0.6 is 11.8 Å². The molecule has 1 rings (SSSR count). The lowest BCUT2D eigenvalue weighted by atomic mass is 10.2. The van der Waals surface area contributed by atoms with E-state index in [1.807, 2.05) is 12.1 Å². The van der Waals surface area contributed by atoms with Crippen molar-refractivity contribution < 1.29 is 14.7 Å². The molecule has 0 spiro atoms. The number of nitrogens with one attached hydrogen (secondary N) is 1. The van der Waals surface area contributed by atoms with E-state index in [0.717, 1.165) is 5.56 Å². The molecule has 0 aromatic carbocycles. The fourth-order valence-electron chi connectivity index (χ4n) is 1.54. The zero-order valence-electron chi connectivity index (χ0n) is 11.0. The Bertz CT molecular complexity index is 528. The van der Waals surface area contributed by atoms with Crippen LogP contribution in [-0.4, -0.2) is 33.8 Å². The number of hydrogen-bond donors (Lipinski definition) is 2. The average molecular weight is 293 g/mol. The fourth-order valence-corrected chi connectivity index (χ4v) is 2.54. The van der Waals surface area contributed by atoms with Crippen LogP contribution in [0.5, 0.6) is 0 Å². The molecule has 106 valence electrons. The van der Waals surface area contributed by atoms with Gasteiger partial charge in [-0.3, -0.25) is 4.79 Å². The molecule has 0 aliphatic carbocycles. The maximum absolute atomic E-state index is 10.9. The molecule has 1 unspecified atom stereocenters. The van der Waals surface area contributed by atoms with Gasteiger partial charge in [-0.2, -0.15) is 17.0 Å². The molecule has 0 fully saturated rings. The number of carboxylic acids is 1. The zero-order valence-corrected chi connectivity index (χ0v) is 11.8. The third-order valence-corrected chi connectivity index (χ3v) is 3.52. The predicted octanol–water partition coefficient (Wildman–Crippen LogP) is 1.17. The standard InChI is InChI=1S/C13H15N3O3S/c1-9(17)16-11(13(18)19)4-6-20-8-10-3-2-5-15-12(10)7-14/h2-3,5,11H,4,6,8H2,1H3,(H,16,17)(H,18,19). The van der Waals surface area contributed by atoms with Crippen LogP contribution in [0.3, 0.4) is 0 Å². The second kappa shape index (κ2) is 8.17. The molecule has 0 aliphatic heterocycles. The molecule has 1 atom stereocenters. The first-order valence-electron chi connectivity index (χ1n) is 5.96. The molecule has 0 radical (unpaired) electrons. The number of aromatic nitrogens is 1. The Kier molecular flexibility index (Phi) is 6.53. The summed E-state index contributed by atoms with van der Waals surface area (Å²) >= 11 is 1.50. The number of nitriles is 1. The fraction of sp³-hybridized carbons (Fsp3) is 0.385. The van der Waals surface area contributed by atoms with Crippen LogP contribution in [0.4, 0.5) is 0 Å². The summed E-state index contributed by atoms with van der Waals surface area (Å²) in [6.45, 7) is 1.29. The number of rotatable bonds is 7. The lowest BCUT2D eigenvalue weighted by molar-refractivity contribution is -0.141. The van der Waals surface area contributed by atoms with Gasteiger partial charge in [-0.25, -0.2) is 9.78 Å². The number of amides is 1. The van der Waals surface area contributed by atoms with Crippen molar-refractivity contribution in [1.82, 2.24) is 10.3 Å². The van der Waals surface area contributed by atoms with Gasteiger partial charge in [-0.05, 0) is 23.8 Å². The van der Waals surface area contributed by atoms with Gasteiger partial charge in [0.25, 0.3) is 0 Å². The van der Waals surface area contributed by atoms with Crippen molar-refractivity contribution in [3.05, 3.63) is 29.6 Å². The number of nitrogens with zero attached hydrogens (tertiary/aromatic N) is 2. The summed E-state index contributed by atoms with van der Waals surface area (Å²) in [5, 5.41) is 20.2. The van der Waals surface area contributed by atoms with Gasteiger partial charge in [0, 0.05) is 18.9 Å². The van der Waals surface area contributed by atoms with Gasteiger partial charge >= 0.3 is 5.97 Å². The van der Waals surface area contributed by atoms with Gasteiger partial charge in [-0.15, -0.1) is 0 Å². The van der Waals surface area contributed by atoms with Crippen LogP contribution in [0.1, 0.15) is 24.6 Å². The lowest BCUT2D eigenvalue weighted by Crippen LogP contribution is -2.39. The molecule has 7 heteroatoms. The number of carbonyl (C=O) groups excluding carboxylic acids is 1. The van der Waals surface area contributed by atoms with Crippen molar-refractivity contribution in [2.24, 2.45) is 0 Å². The molecule has 1 amide bonds. The van der Waals surface area contributed by atoms with Crippen molar-refractivity contribution in [1.29, 1.82) is 5.26 Å². The summed E-state index contributed by atoms with van der Waals surface area (Å²) in [5.74, 6) is -0.249. The molecule has 1 aromatic heterocycles. The third-order valence-electron chi connectivity index (χ3n) is 2.48. The Morgan fingerprint density at radius 2 is 2.35 bits per heavy atom. The molecule has 1 heterocycles. The first-order valence-corrected chi connectivity index (χ1v) is 7.11. The van der Waals surface area contributed by atoms with E-state index in [1.54, 1.807) is 12.3 Å². The molecule has 0 saturated carbocycles. The van der Waals surface area contributed by atoms with Crippen molar-refractivity contribution in [3.63, 3.8) is 0 Å². The van der Waals surface area contributed by atoms with Crippen molar-refractivity contribution in [3.8, 4) is 6.07 Å². The van der Waals surface area contributed by atoms with Crippen molar-refractivity contribution >= 4 is 23.6 Å². The second-order valence-corrected chi connectivity index (χ2v) is 5.16. The monoisotopic (exact) mass is 293 g/mol. The lowest BCUT2D eigenvalue weighted by Gasteiger charge is -2.12. The van der Waals surface area contributed by atoms with Crippen molar-refractivity contribution in [2.45, 2.75) is 25.1 Å².